The Kier molecular flexibility index (Phi) is 13.7. The highest BCUT2D eigenvalue weighted by Crippen LogP contribution is 2.23. The van der Waals surface area contributed by atoms with Crippen LogP contribution in [-0.4, -0.2) is 43.2 Å². The molecule has 0 radical (unpaired) electrons. The molecule has 0 heterocycles. The van der Waals surface area contributed by atoms with Gasteiger partial charge < -0.3 is 20.1 Å². The normalized spacial score (nSPS) is 12.8. The van der Waals surface area contributed by atoms with Gasteiger partial charge in [-0.2, -0.15) is 0 Å². The molecule has 0 aliphatic carbocycles. The number of aryl methyl sites for hydroxylation is 1. The van der Waals surface area contributed by atoms with Gasteiger partial charge in [0.25, 0.3) is 11.8 Å². The molecule has 2 aromatic rings. The van der Waals surface area contributed by atoms with Crippen LogP contribution in [0.15, 0.2) is 48.5 Å². The van der Waals surface area contributed by atoms with E-state index in [-0.39, 0.29) is 13.0 Å². The maximum Gasteiger partial charge on any atom is 0.573 e. The Hall–Kier alpha value is -3.40. The Balaban J connectivity index is 2.01. The predicted molar refractivity (Wildman–Crippen MR) is 146 cm³/mol. The molecule has 2 unspecified atom stereocenters. The van der Waals surface area contributed by atoms with Crippen molar-refractivity contribution in [1.29, 1.82) is 0 Å². The van der Waals surface area contributed by atoms with Gasteiger partial charge in [-0.05, 0) is 67.3 Å². The monoisotopic (exact) mass is 564 g/mol. The summed E-state index contributed by atoms with van der Waals surface area (Å²) < 4.78 is 47.1. The lowest BCUT2D eigenvalue weighted by atomic mass is 10.0. The van der Waals surface area contributed by atoms with Gasteiger partial charge >= 0.3 is 6.36 Å². The first-order chi connectivity index (χ1) is 19.0. The van der Waals surface area contributed by atoms with Gasteiger partial charge in [-0.3, -0.25) is 14.4 Å². The van der Waals surface area contributed by atoms with E-state index >= 15 is 0 Å². The standard InChI is InChI=1S/C30H39F3N2O5/c1-4-21(3)16-18-39-17-9-8-15-26(35-28(37)25-14-7-6-12-23(25)5-2)27(36)29(38)34-20-22-11-10-13-24(19-22)40-30(31,32)33/h6-7,10-14,19,21,26H,4-5,8-9,15-18,20H2,1-3H3,(H,34,38)(H,35,37). The summed E-state index contributed by atoms with van der Waals surface area (Å²) >= 11 is 0. The van der Waals surface area contributed by atoms with Gasteiger partial charge in [0.15, 0.2) is 0 Å². The van der Waals surface area contributed by atoms with E-state index < -0.39 is 35.8 Å². The molecule has 0 saturated carbocycles. The van der Waals surface area contributed by atoms with Crippen molar-refractivity contribution in [2.75, 3.05) is 13.2 Å². The fourth-order valence-electron chi connectivity index (χ4n) is 3.98. The van der Waals surface area contributed by atoms with Crippen molar-refractivity contribution in [2.24, 2.45) is 5.92 Å². The summed E-state index contributed by atoms with van der Waals surface area (Å²) in [6.45, 7) is 7.18. The van der Waals surface area contributed by atoms with Gasteiger partial charge in [0, 0.05) is 25.3 Å². The number of benzene rings is 2. The number of Topliss-reactive ketones (excluding diaryl/α,β-unsaturated/α-hetero) is 1. The van der Waals surface area contributed by atoms with Crippen molar-refractivity contribution in [1.82, 2.24) is 10.6 Å². The van der Waals surface area contributed by atoms with Crippen LogP contribution in [0.2, 0.25) is 0 Å². The first kappa shape index (κ1) is 32.8. The molecule has 10 heteroatoms. The van der Waals surface area contributed by atoms with Crippen molar-refractivity contribution >= 4 is 17.6 Å². The highest BCUT2D eigenvalue weighted by atomic mass is 19.4. The number of ketones is 1. The minimum atomic E-state index is -4.85. The largest absolute Gasteiger partial charge is 0.573 e. The number of ether oxygens (including phenoxy) is 2. The van der Waals surface area contributed by atoms with E-state index in [0.29, 0.717) is 49.5 Å². The number of nitrogens with one attached hydrogen (secondary N) is 2. The van der Waals surface area contributed by atoms with Gasteiger partial charge in [0.2, 0.25) is 5.78 Å². The minimum Gasteiger partial charge on any atom is -0.406 e. The van der Waals surface area contributed by atoms with Gasteiger partial charge in [-0.25, -0.2) is 0 Å². The highest BCUT2D eigenvalue weighted by Gasteiger charge is 2.31. The summed E-state index contributed by atoms with van der Waals surface area (Å²) in [4.78, 5) is 38.8. The molecular weight excluding hydrogens is 525 g/mol. The number of carbonyl (C=O) groups is 3. The first-order valence-corrected chi connectivity index (χ1v) is 13.7. The molecule has 0 bridgehead atoms. The predicted octanol–water partition coefficient (Wildman–Crippen LogP) is 5.75. The summed E-state index contributed by atoms with van der Waals surface area (Å²) in [7, 11) is 0. The lowest BCUT2D eigenvalue weighted by Gasteiger charge is -2.19. The van der Waals surface area contributed by atoms with Gasteiger partial charge in [0.05, 0.1) is 6.04 Å². The topological polar surface area (TPSA) is 93.7 Å². The number of hydrogen-bond donors (Lipinski definition) is 2. The van der Waals surface area contributed by atoms with Crippen LogP contribution in [0, 0.1) is 5.92 Å². The van der Waals surface area contributed by atoms with Crippen LogP contribution in [-0.2, 0) is 27.3 Å². The third kappa shape index (κ3) is 11.8. The van der Waals surface area contributed by atoms with Crippen molar-refractivity contribution in [3.8, 4) is 5.75 Å². The summed E-state index contributed by atoms with van der Waals surface area (Å²) in [6, 6.07) is 11.1. The fraction of sp³-hybridized carbons (Fsp3) is 0.500. The van der Waals surface area contributed by atoms with Crippen LogP contribution in [0.1, 0.15) is 74.4 Å². The average Bonchev–Trinajstić information content (AvgIpc) is 2.93. The number of carbonyl (C=O) groups excluding carboxylic acids is 3. The zero-order valence-corrected chi connectivity index (χ0v) is 23.3. The summed E-state index contributed by atoms with van der Waals surface area (Å²) in [5.41, 5.74) is 1.55. The Morgan fingerprint density at radius 2 is 1.70 bits per heavy atom. The molecule has 2 rings (SSSR count). The van der Waals surface area contributed by atoms with Gasteiger partial charge in [-0.15, -0.1) is 13.2 Å². The molecule has 2 aromatic carbocycles. The Labute approximate surface area is 233 Å². The van der Waals surface area contributed by atoms with Crippen LogP contribution < -0.4 is 15.4 Å². The number of rotatable bonds is 17. The molecule has 40 heavy (non-hydrogen) atoms. The lowest BCUT2D eigenvalue weighted by Crippen LogP contribution is -2.47. The zero-order chi connectivity index (χ0) is 29.5. The summed E-state index contributed by atoms with van der Waals surface area (Å²) in [6.07, 6.45) is -0.750. The molecular formula is C30H39F3N2O5. The zero-order valence-electron chi connectivity index (χ0n) is 23.3. The summed E-state index contributed by atoms with van der Waals surface area (Å²) in [5.74, 6) is -2.08. The SMILES string of the molecule is CCc1ccccc1C(=O)NC(CCCCOCCC(C)CC)C(=O)C(=O)NCc1cccc(OC(F)(F)F)c1. The molecule has 0 fully saturated rings. The second-order valence-electron chi connectivity index (χ2n) is 9.69. The van der Waals surface area contributed by atoms with E-state index in [1.807, 2.05) is 19.1 Å². The summed E-state index contributed by atoms with van der Waals surface area (Å²) in [5, 5.41) is 5.15. The third-order valence-corrected chi connectivity index (χ3v) is 6.56. The molecule has 2 atom stereocenters. The molecule has 2 N–H and O–H groups in total. The molecule has 0 saturated heterocycles. The van der Waals surface area contributed by atoms with E-state index in [4.69, 9.17) is 4.74 Å². The highest BCUT2D eigenvalue weighted by molar-refractivity contribution is 6.38. The number of amides is 2. The minimum absolute atomic E-state index is 0.191. The Morgan fingerprint density at radius 1 is 0.950 bits per heavy atom. The molecule has 0 aromatic heterocycles. The fourth-order valence-corrected chi connectivity index (χ4v) is 3.98. The quantitative estimate of drug-likeness (QED) is 0.188. The van der Waals surface area contributed by atoms with Crippen LogP contribution >= 0.6 is 0 Å². The van der Waals surface area contributed by atoms with Crippen molar-refractivity contribution in [3.05, 3.63) is 65.2 Å². The first-order valence-electron chi connectivity index (χ1n) is 13.7. The smallest absolute Gasteiger partial charge is 0.406 e. The molecule has 7 nitrogen and oxygen atoms in total. The third-order valence-electron chi connectivity index (χ3n) is 6.56. The number of halogens is 3. The second-order valence-corrected chi connectivity index (χ2v) is 9.69. The van der Waals surface area contributed by atoms with Gasteiger partial charge in [0.1, 0.15) is 5.75 Å². The average molecular weight is 565 g/mol. The maximum absolute atomic E-state index is 13.1. The van der Waals surface area contributed by atoms with E-state index in [9.17, 15) is 27.6 Å². The molecule has 220 valence electrons. The van der Waals surface area contributed by atoms with Crippen LogP contribution in [0.4, 0.5) is 13.2 Å². The van der Waals surface area contributed by atoms with E-state index in [2.05, 4.69) is 29.2 Å². The number of hydrogen-bond acceptors (Lipinski definition) is 5. The molecule has 0 spiro atoms. The molecule has 0 aliphatic heterocycles. The maximum atomic E-state index is 13.1. The van der Waals surface area contributed by atoms with E-state index in [0.717, 1.165) is 30.5 Å². The number of alkyl halides is 3. The van der Waals surface area contributed by atoms with Crippen molar-refractivity contribution in [3.63, 3.8) is 0 Å². The number of unbranched alkanes of at least 4 members (excludes halogenated alkanes) is 1. The second kappa shape index (κ2) is 16.6. The van der Waals surface area contributed by atoms with Crippen molar-refractivity contribution in [2.45, 2.75) is 78.2 Å². The van der Waals surface area contributed by atoms with Crippen LogP contribution in [0.25, 0.3) is 0 Å². The van der Waals surface area contributed by atoms with E-state index in [1.54, 1.807) is 12.1 Å². The lowest BCUT2D eigenvalue weighted by molar-refractivity contribution is -0.274. The van der Waals surface area contributed by atoms with Crippen LogP contribution in [0.5, 0.6) is 5.75 Å². The van der Waals surface area contributed by atoms with E-state index in [1.165, 1.54) is 12.1 Å². The Bertz CT molecular complexity index is 1110. The van der Waals surface area contributed by atoms with Crippen molar-refractivity contribution < 1.29 is 37.0 Å². The van der Waals surface area contributed by atoms with Gasteiger partial charge in [-0.1, -0.05) is 57.5 Å². The Morgan fingerprint density at radius 3 is 2.40 bits per heavy atom. The molecule has 2 amide bonds. The van der Waals surface area contributed by atoms with Crippen LogP contribution in [0.3, 0.4) is 0 Å². The molecule has 0 aliphatic rings.